The molecule has 1 aliphatic carbocycles. The average molecular weight is 354 g/mol. The Bertz CT molecular complexity index is 631. The normalized spacial score (nSPS) is 25.2. The van der Waals surface area contributed by atoms with Crippen LogP contribution in [0.2, 0.25) is 0 Å². The van der Waals surface area contributed by atoms with Gasteiger partial charge in [0.1, 0.15) is 0 Å². The van der Waals surface area contributed by atoms with Crippen molar-refractivity contribution >= 4 is 11.8 Å². The van der Waals surface area contributed by atoms with Gasteiger partial charge in [0.2, 0.25) is 11.8 Å². The zero-order chi connectivity index (χ0) is 17.9. The van der Waals surface area contributed by atoms with Gasteiger partial charge < -0.3 is 9.80 Å². The first-order valence-electron chi connectivity index (χ1n) is 10.3. The second kappa shape index (κ2) is 7.81. The highest BCUT2D eigenvalue weighted by atomic mass is 16.2. The van der Waals surface area contributed by atoms with Gasteiger partial charge in [0.05, 0.1) is 5.92 Å². The summed E-state index contributed by atoms with van der Waals surface area (Å²) in [7, 11) is 0. The molecule has 4 heteroatoms. The molecule has 0 spiro atoms. The Morgan fingerprint density at radius 3 is 2.38 bits per heavy atom. The van der Waals surface area contributed by atoms with E-state index >= 15 is 0 Å². The van der Waals surface area contributed by atoms with Crippen LogP contribution in [0.5, 0.6) is 0 Å². The molecular weight excluding hydrogens is 324 g/mol. The fourth-order valence-corrected chi connectivity index (χ4v) is 5.03. The van der Waals surface area contributed by atoms with E-state index in [-0.39, 0.29) is 17.7 Å². The molecule has 2 heterocycles. The van der Waals surface area contributed by atoms with Crippen molar-refractivity contribution in [2.45, 2.75) is 57.4 Å². The van der Waals surface area contributed by atoms with Crippen LogP contribution in [0.4, 0.5) is 0 Å². The molecule has 2 aliphatic heterocycles. The van der Waals surface area contributed by atoms with Gasteiger partial charge in [-0.2, -0.15) is 0 Å². The summed E-state index contributed by atoms with van der Waals surface area (Å²) in [6, 6.07) is 11.0. The molecule has 3 fully saturated rings. The van der Waals surface area contributed by atoms with Crippen molar-refractivity contribution in [1.29, 1.82) is 0 Å². The minimum absolute atomic E-state index is 0.103. The monoisotopic (exact) mass is 354 g/mol. The van der Waals surface area contributed by atoms with Crippen LogP contribution in [0.25, 0.3) is 0 Å². The Morgan fingerprint density at radius 2 is 1.69 bits per heavy atom. The molecule has 0 radical (unpaired) electrons. The molecule has 26 heavy (non-hydrogen) atoms. The maximum absolute atomic E-state index is 12.9. The van der Waals surface area contributed by atoms with Crippen LogP contribution in [-0.4, -0.2) is 47.3 Å². The number of carbonyl (C=O) groups excluding carboxylic acids is 2. The first-order valence-corrected chi connectivity index (χ1v) is 10.3. The van der Waals surface area contributed by atoms with Gasteiger partial charge in [-0.25, -0.2) is 0 Å². The minimum atomic E-state index is -0.103. The summed E-state index contributed by atoms with van der Waals surface area (Å²) >= 11 is 0. The van der Waals surface area contributed by atoms with E-state index in [0.717, 1.165) is 45.2 Å². The summed E-state index contributed by atoms with van der Waals surface area (Å²) < 4.78 is 0. The van der Waals surface area contributed by atoms with Gasteiger partial charge in [0.15, 0.2) is 0 Å². The van der Waals surface area contributed by atoms with Gasteiger partial charge in [-0.1, -0.05) is 43.2 Å². The number of rotatable bonds is 4. The molecule has 4 nitrogen and oxygen atoms in total. The molecule has 2 saturated heterocycles. The SMILES string of the molecule is O=C([C@@H]1CC(=O)N(C2CCCC2)C1)N1CCC(Cc2ccccc2)CC1. The van der Waals surface area contributed by atoms with Crippen LogP contribution in [0.1, 0.15) is 50.5 Å². The number of carbonyl (C=O) groups is 2. The number of benzene rings is 1. The average Bonchev–Trinajstić information content (AvgIpc) is 3.32. The van der Waals surface area contributed by atoms with Crippen LogP contribution in [0.15, 0.2) is 30.3 Å². The smallest absolute Gasteiger partial charge is 0.227 e. The third kappa shape index (κ3) is 3.79. The number of likely N-dealkylation sites (tertiary alicyclic amines) is 2. The van der Waals surface area contributed by atoms with Crippen molar-refractivity contribution in [3.63, 3.8) is 0 Å². The molecule has 0 N–H and O–H groups in total. The van der Waals surface area contributed by atoms with Gasteiger partial charge in [-0.05, 0) is 43.6 Å². The number of hydrogen-bond acceptors (Lipinski definition) is 2. The van der Waals surface area contributed by atoms with Gasteiger partial charge in [0.25, 0.3) is 0 Å². The van der Waals surface area contributed by atoms with E-state index in [0.29, 0.717) is 24.9 Å². The summed E-state index contributed by atoms with van der Waals surface area (Å²) in [5.41, 5.74) is 1.39. The van der Waals surface area contributed by atoms with Crippen molar-refractivity contribution in [3.8, 4) is 0 Å². The van der Waals surface area contributed by atoms with E-state index in [4.69, 9.17) is 0 Å². The minimum Gasteiger partial charge on any atom is -0.342 e. The zero-order valence-corrected chi connectivity index (χ0v) is 15.6. The second-order valence-corrected chi connectivity index (χ2v) is 8.34. The summed E-state index contributed by atoms with van der Waals surface area (Å²) in [5, 5.41) is 0. The molecule has 0 unspecified atom stereocenters. The van der Waals surface area contributed by atoms with Crippen molar-refractivity contribution < 1.29 is 9.59 Å². The second-order valence-electron chi connectivity index (χ2n) is 8.34. The number of piperidine rings is 1. The quantitative estimate of drug-likeness (QED) is 0.833. The predicted octanol–water partition coefficient (Wildman–Crippen LogP) is 3.26. The lowest BCUT2D eigenvalue weighted by Gasteiger charge is -2.33. The van der Waals surface area contributed by atoms with Crippen LogP contribution in [0, 0.1) is 11.8 Å². The van der Waals surface area contributed by atoms with E-state index in [9.17, 15) is 9.59 Å². The first kappa shape index (κ1) is 17.6. The van der Waals surface area contributed by atoms with Crippen molar-refractivity contribution in [1.82, 2.24) is 9.80 Å². The number of nitrogens with zero attached hydrogens (tertiary/aromatic N) is 2. The maximum atomic E-state index is 12.9. The Hall–Kier alpha value is -1.84. The summed E-state index contributed by atoms with van der Waals surface area (Å²) in [4.78, 5) is 29.3. The van der Waals surface area contributed by atoms with E-state index < -0.39 is 0 Å². The Kier molecular flexibility index (Phi) is 5.28. The van der Waals surface area contributed by atoms with E-state index in [2.05, 4.69) is 30.3 Å². The fraction of sp³-hybridized carbons (Fsp3) is 0.636. The molecule has 140 valence electrons. The highest BCUT2D eigenvalue weighted by Gasteiger charge is 2.40. The Morgan fingerprint density at radius 1 is 1.00 bits per heavy atom. The summed E-state index contributed by atoms with van der Waals surface area (Å²) in [6.07, 6.45) is 8.39. The molecular formula is C22H30N2O2. The third-order valence-corrected chi connectivity index (χ3v) is 6.57. The van der Waals surface area contributed by atoms with E-state index in [1.807, 2.05) is 9.80 Å². The molecule has 0 aromatic heterocycles. The topological polar surface area (TPSA) is 40.6 Å². The van der Waals surface area contributed by atoms with Crippen molar-refractivity contribution in [3.05, 3.63) is 35.9 Å². The first-order chi connectivity index (χ1) is 12.7. The fourth-order valence-electron chi connectivity index (χ4n) is 5.03. The zero-order valence-electron chi connectivity index (χ0n) is 15.6. The summed E-state index contributed by atoms with van der Waals surface area (Å²) in [5.74, 6) is 0.988. The largest absolute Gasteiger partial charge is 0.342 e. The van der Waals surface area contributed by atoms with Crippen LogP contribution in [0.3, 0.4) is 0 Å². The van der Waals surface area contributed by atoms with Crippen LogP contribution >= 0.6 is 0 Å². The molecule has 3 aliphatic rings. The highest BCUT2D eigenvalue weighted by Crippen LogP contribution is 2.31. The highest BCUT2D eigenvalue weighted by molar-refractivity contribution is 5.89. The van der Waals surface area contributed by atoms with E-state index in [1.165, 1.54) is 18.4 Å². The van der Waals surface area contributed by atoms with Crippen molar-refractivity contribution in [2.75, 3.05) is 19.6 Å². The lowest BCUT2D eigenvalue weighted by Crippen LogP contribution is -2.43. The summed E-state index contributed by atoms with van der Waals surface area (Å²) in [6.45, 7) is 2.36. The molecule has 4 rings (SSSR count). The number of hydrogen-bond donors (Lipinski definition) is 0. The Balaban J connectivity index is 1.28. The lowest BCUT2D eigenvalue weighted by molar-refractivity contribution is -0.137. The molecule has 1 aromatic carbocycles. The third-order valence-electron chi connectivity index (χ3n) is 6.57. The number of amides is 2. The lowest BCUT2D eigenvalue weighted by atomic mass is 9.89. The van der Waals surface area contributed by atoms with E-state index in [1.54, 1.807) is 0 Å². The maximum Gasteiger partial charge on any atom is 0.227 e. The molecule has 2 amide bonds. The van der Waals surface area contributed by atoms with Gasteiger partial charge >= 0.3 is 0 Å². The van der Waals surface area contributed by atoms with Crippen molar-refractivity contribution in [2.24, 2.45) is 11.8 Å². The predicted molar refractivity (Wildman–Crippen MR) is 102 cm³/mol. The van der Waals surface area contributed by atoms with Gasteiger partial charge in [0, 0.05) is 32.1 Å². The van der Waals surface area contributed by atoms with Crippen LogP contribution < -0.4 is 0 Å². The molecule has 0 bridgehead atoms. The molecule has 1 aromatic rings. The standard InChI is InChI=1S/C22H30N2O2/c25-21-15-19(16-24(21)20-8-4-5-9-20)22(26)23-12-10-18(11-13-23)14-17-6-2-1-3-7-17/h1-3,6-7,18-20H,4-5,8-16H2/t19-/m1/s1. The molecule has 1 saturated carbocycles. The Labute approximate surface area is 156 Å². The van der Waals surface area contributed by atoms with Gasteiger partial charge in [-0.3, -0.25) is 9.59 Å². The van der Waals surface area contributed by atoms with Crippen LogP contribution in [-0.2, 0) is 16.0 Å². The van der Waals surface area contributed by atoms with Gasteiger partial charge in [-0.15, -0.1) is 0 Å². The molecule has 1 atom stereocenters.